The van der Waals surface area contributed by atoms with E-state index in [1.54, 1.807) is 11.3 Å². The van der Waals surface area contributed by atoms with E-state index in [9.17, 15) is 4.79 Å². The second-order valence-corrected chi connectivity index (χ2v) is 6.27. The number of hydrogen-bond donors (Lipinski definition) is 0. The molecule has 2 rings (SSSR count). The Morgan fingerprint density at radius 3 is 2.95 bits per heavy atom. The molecule has 0 spiro atoms. The van der Waals surface area contributed by atoms with Crippen LogP contribution in [-0.2, 0) is 4.74 Å². The van der Waals surface area contributed by atoms with Gasteiger partial charge in [-0.05, 0) is 50.2 Å². The number of rotatable bonds is 7. The molecule has 1 fully saturated rings. The number of ketones is 1. The highest BCUT2D eigenvalue weighted by atomic mass is 32.1. The van der Waals surface area contributed by atoms with Gasteiger partial charge >= 0.3 is 0 Å². The molecule has 0 N–H and O–H groups in total. The Bertz CT molecular complexity index is 372. The van der Waals surface area contributed by atoms with Gasteiger partial charge in [-0.15, -0.1) is 11.3 Å². The topological polar surface area (TPSA) is 29.5 Å². The van der Waals surface area contributed by atoms with Crippen molar-refractivity contribution in [2.75, 3.05) is 33.4 Å². The smallest absolute Gasteiger partial charge is 0.172 e. The summed E-state index contributed by atoms with van der Waals surface area (Å²) in [5.74, 6) is 1.06. The summed E-state index contributed by atoms with van der Waals surface area (Å²) in [4.78, 5) is 15.1. The van der Waals surface area contributed by atoms with Crippen LogP contribution in [0.1, 0.15) is 35.4 Å². The van der Waals surface area contributed by atoms with Gasteiger partial charge in [0, 0.05) is 26.2 Å². The van der Waals surface area contributed by atoms with Crippen LogP contribution >= 0.6 is 11.3 Å². The maximum atomic E-state index is 11.9. The van der Waals surface area contributed by atoms with Gasteiger partial charge in [-0.1, -0.05) is 6.07 Å². The maximum absolute atomic E-state index is 11.9. The third-order valence-corrected chi connectivity index (χ3v) is 4.56. The second-order valence-electron chi connectivity index (χ2n) is 5.32. The zero-order valence-corrected chi connectivity index (χ0v) is 12.5. The van der Waals surface area contributed by atoms with E-state index in [0.29, 0.717) is 6.42 Å². The van der Waals surface area contributed by atoms with Gasteiger partial charge in [-0.25, -0.2) is 0 Å². The van der Waals surface area contributed by atoms with Gasteiger partial charge in [0.2, 0.25) is 0 Å². The molecule has 0 atom stereocenters. The molecule has 0 amide bonds. The predicted octanol–water partition coefficient (Wildman–Crippen LogP) is 3.07. The Labute approximate surface area is 119 Å². The number of ether oxygens (including phenoxy) is 1. The Morgan fingerprint density at radius 1 is 1.47 bits per heavy atom. The minimum atomic E-state index is 0.287. The van der Waals surface area contributed by atoms with Crippen molar-refractivity contribution < 1.29 is 9.53 Å². The largest absolute Gasteiger partial charge is 0.381 e. The SMILES string of the molecule is CN(CCCC(=O)c1cccs1)CC1CCOCC1. The minimum Gasteiger partial charge on any atom is -0.381 e. The van der Waals surface area contributed by atoms with E-state index in [-0.39, 0.29) is 5.78 Å². The van der Waals surface area contributed by atoms with E-state index in [4.69, 9.17) is 4.74 Å². The fraction of sp³-hybridized carbons (Fsp3) is 0.667. The molecule has 1 aliphatic heterocycles. The monoisotopic (exact) mass is 281 g/mol. The first-order valence-electron chi connectivity index (χ1n) is 7.08. The van der Waals surface area contributed by atoms with Gasteiger partial charge in [0.1, 0.15) is 0 Å². The van der Waals surface area contributed by atoms with Crippen LogP contribution in [0.3, 0.4) is 0 Å². The molecule has 3 nitrogen and oxygen atoms in total. The Balaban J connectivity index is 1.60. The lowest BCUT2D eigenvalue weighted by Gasteiger charge is -2.27. The third-order valence-electron chi connectivity index (χ3n) is 3.65. The van der Waals surface area contributed by atoms with E-state index in [2.05, 4.69) is 11.9 Å². The lowest BCUT2D eigenvalue weighted by Crippen LogP contribution is -2.30. The lowest BCUT2D eigenvalue weighted by atomic mass is 10.00. The summed E-state index contributed by atoms with van der Waals surface area (Å²) < 4.78 is 5.37. The molecule has 1 aromatic heterocycles. The molecule has 1 aliphatic rings. The lowest BCUT2D eigenvalue weighted by molar-refractivity contribution is 0.0555. The van der Waals surface area contributed by atoms with Gasteiger partial charge < -0.3 is 9.64 Å². The van der Waals surface area contributed by atoms with Crippen LogP contribution in [0, 0.1) is 5.92 Å². The van der Waals surface area contributed by atoms with Crippen molar-refractivity contribution in [2.24, 2.45) is 5.92 Å². The molecule has 0 saturated carbocycles. The number of Topliss-reactive ketones (excluding diaryl/α,β-unsaturated/α-hetero) is 1. The van der Waals surface area contributed by atoms with Crippen molar-refractivity contribution in [1.29, 1.82) is 0 Å². The number of nitrogens with zero attached hydrogens (tertiary/aromatic N) is 1. The number of hydrogen-bond acceptors (Lipinski definition) is 4. The van der Waals surface area contributed by atoms with Crippen LogP contribution in [0.5, 0.6) is 0 Å². The fourth-order valence-electron chi connectivity index (χ4n) is 2.53. The Morgan fingerprint density at radius 2 is 2.26 bits per heavy atom. The van der Waals surface area contributed by atoms with E-state index >= 15 is 0 Å². The molecule has 106 valence electrons. The van der Waals surface area contributed by atoms with Crippen LogP contribution in [0.15, 0.2) is 17.5 Å². The molecule has 1 saturated heterocycles. The summed E-state index contributed by atoms with van der Waals surface area (Å²) in [5.41, 5.74) is 0. The molecule has 4 heteroatoms. The normalized spacial score (nSPS) is 16.9. The fourth-order valence-corrected chi connectivity index (χ4v) is 3.23. The van der Waals surface area contributed by atoms with Gasteiger partial charge in [0.25, 0.3) is 0 Å². The number of carbonyl (C=O) groups is 1. The van der Waals surface area contributed by atoms with Gasteiger partial charge in [0.05, 0.1) is 4.88 Å². The van der Waals surface area contributed by atoms with Crippen molar-refractivity contribution >= 4 is 17.1 Å². The summed E-state index contributed by atoms with van der Waals surface area (Å²) in [6, 6.07) is 3.86. The molecule has 1 aromatic rings. The number of thiophene rings is 1. The quantitative estimate of drug-likeness (QED) is 0.719. The van der Waals surface area contributed by atoms with Crippen molar-refractivity contribution in [3.63, 3.8) is 0 Å². The van der Waals surface area contributed by atoms with Crippen LogP contribution in [-0.4, -0.2) is 44.0 Å². The van der Waals surface area contributed by atoms with Crippen LogP contribution in [0.2, 0.25) is 0 Å². The molecule has 0 aliphatic carbocycles. The Hall–Kier alpha value is -0.710. The zero-order valence-electron chi connectivity index (χ0n) is 11.6. The third kappa shape index (κ3) is 5.05. The van der Waals surface area contributed by atoms with Crippen LogP contribution in [0.25, 0.3) is 0 Å². The highest BCUT2D eigenvalue weighted by Crippen LogP contribution is 2.16. The summed E-state index contributed by atoms with van der Waals surface area (Å²) in [7, 11) is 2.16. The molecule has 0 aromatic carbocycles. The minimum absolute atomic E-state index is 0.287. The predicted molar refractivity (Wildman–Crippen MR) is 78.9 cm³/mol. The van der Waals surface area contributed by atoms with Crippen LogP contribution in [0.4, 0.5) is 0 Å². The Kier molecular flexibility index (Phi) is 6.01. The first-order chi connectivity index (χ1) is 9.25. The highest BCUT2D eigenvalue weighted by Gasteiger charge is 2.15. The molecule has 0 radical (unpaired) electrons. The first kappa shape index (κ1) is 14.7. The molecule has 0 unspecified atom stereocenters. The summed E-state index contributed by atoms with van der Waals surface area (Å²) in [5, 5.41) is 1.96. The number of carbonyl (C=O) groups excluding carboxylic acids is 1. The first-order valence-corrected chi connectivity index (χ1v) is 7.96. The second kappa shape index (κ2) is 7.78. The highest BCUT2D eigenvalue weighted by molar-refractivity contribution is 7.12. The average Bonchev–Trinajstić information content (AvgIpc) is 2.93. The maximum Gasteiger partial charge on any atom is 0.172 e. The van der Waals surface area contributed by atoms with E-state index < -0.39 is 0 Å². The summed E-state index contributed by atoms with van der Waals surface area (Å²) in [6.45, 7) is 3.97. The van der Waals surface area contributed by atoms with E-state index in [0.717, 1.165) is 43.5 Å². The molecular weight excluding hydrogens is 258 g/mol. The molecule has 0 bridgehead atoms. The van der Waals surface area contributed by atoms with Gasteiger partial charge in [-0.3, -0.25) is 4.79 Å². The van der Waals surface area contributed by atoms with Crippen molar-refractivity contribution in [3.8, 4) is 0 Å². The van der Waals surface area contributed by atoms with E-state index in [1.807, 2.05) is 17.5 Å². The summed E-state index contributed by atoms with van der Waals surface area (Å²) >= 11 is 1.54. The van der Waals surface area contributed by atoms with Crippen LogP contribution < -0.4 is 0 Å². The molecule has 2 heterocycles. The van der Waals surface area contributed by atoms with Gasteiger partial charge in [0.15, 0.2) is 5.78 Å². The summed E-state index contributed by atoms with van der Waals surface area (Å²) in [6.07, 6.45) is 3.98. The average molecular weight is 281 g/mol. The zero-order chi connectivity index (χ0) is 13.5. The van der Waals surface area contributed by atoms with Gasteiger partial charge in [-0.2, -0.15) is 0 Å². The molecular formula is C15H23NO2S. The van der Waals surface area contributed by atoms with Crippen molar-refractivity contribution in [2.45, 2.75) is 25.7 Å². The molecule has 19 heavy (non-hydrogen) atoms. The van der Waals surface area contributed by atoms with Crippen molar-refractivity contribution in [1.82, 2.24) is 4.90 Å². The van der Waals surface area contributed by atoms with Crippen molar-refractivity contribution in [3.05, 3.63) is 22.4 Å². The standard InChI is InChI=1S/C15H23NO2S/c1-16(12-13-6-9-18-10-7-13)8-2-4-14(17)15-5-3-11-19-15/h3,5,11,13H,2,4,6-10,12H2,1H3. The van der Waals surface area contributed by atoms with E-state index in [1.165, 1.54) is 12.8 Å².